The van der Waals surface area contributed by atoms with Crippen molar-refractivity contribution in [1.29, 1.82) is 0 Å². The first-order valence-corrected chi connectivity index (χ1v) is 5.73. The van der Waals surface area contributed by atoms with Crippen LogP contribution in [0.25, 0.3) is 0 Å². The molecule has 7 nitrogen and oxygen atoms in total. The van der Waals surface area contributed by atoms with E-state index in [2.05, 4.69) is 20.6 Å². The fourth-order valence-corrected chi connectivity index (χ4v) is 1.66. The number of hydrogen-bond acceptors (Lipinski definition) is 5. The minimum atomic E-state index is -4.73. The van der Waals surface area contributed by atoms with Crippen LogP contribution in [-0.2, 0) is 12.6 Å². The minimum Gasteiger partial charge on any atom is -0.243 e. The topological polar surface area (TPSA) is 78.5 Å². The zero-order valence-corrected chi connectivity index (χ0v) is 10.7. The molecule has 0 unspecified atom stereocenters. The maximum absolute atomic E-state index is 13.1. The lowest BCUT2D eigenvalue weighted by atomic mass is 10.1. The highest BCUT2D eigenvalue weighted by Crippen LogP contribution is 2.32. The quantitative estimate of drug-likeness (QED) is 0.838. The van der Waals surface area contributed by atoms with Crippen LogP contribution in [0.15, 0.2) is 12.4 Å². The van der Waals surface area contributed by atoms with Gasteiger partial charge in [-0.1, -0.05) is 24.3 Å². The van der Waals surface area contributed by atoms with Gasteiger partial charge in [0, 0.05) is 0 Å². The van der Waals surface area contributed by atoms with E-state index in [1.807, 2.05) is 0 Å². The van der Waals surface area contributed by atoms with Gasteiger partial charge in [0.1, 0.15) is 0 Å². The molecule has 108 valence electrons. The van der Waals surface area contributed by atoms with E-state index in [1.165, 1.54) is 6.20 Å². The average Bonchev–Trinajstić information content (AvgIpc) is 2.93. The third-order valence-electron chi connectivity index (χ3n) is 2.41. The van der Waals surface area contributed by atoms with Gasteiger partial charge >= 0.3 is 12.2 Å². The molecule has 2 heterocycles. The molecular weight excluding hydrogens is 277 g/mol. The monoisotopic (exact) mass is 288 g/mol. The Morgan fingerprint density at radius 1 is 1.35 bits per heavy atom. The van der Waals surface area contributed by atoms with Gasteiger partial charge < -0.3 is 0 Å². The van der Waals surface area contributed by atoms with Gasteiger partial charge in [-0.05, 0) is 12.3 Å². The SMILES string of the molecule is CC(C)Cc1nnn(C(=O)n2ccnn2)c1C(F)(F)F. The highest BCUT2D eigenvalue weighted by atomic mass is 19.4. The molecule has 2 aromatic rings. The molecule has 0 saturated heterocycles. The maximum Gasteiger partial charge on any atom is 0.435 e. The van der Waals surface area contributed by atoms with E-state index in [0.29, 0.717) is 4.68 Å². The van der Waals surface area contributed by atoms with Crippen molar-refractivity contribution in [3.8, 4) is 0 Å². The van der Waals surface area contributed by atoms with Gasteiger partial charge in [0.05, 0.1) is 18.1 Å². The van der Waals surface area contributed by atoms with Crippen LogP contribution < -0.4 is 0 Å². The van der Waals surface area contributed by atoms with E-state index in [4.69, 9.17) is 0 Å². The van der Waals surface area contributed by atoms with Crippen LogP contribution in [0.2, 0.25) is 0 Å². The molecule has 2 aromatic heterocycles. The molecule has 10 heteroatoms. The van der Waals surface area contributed by atoms with Gasteiger partial charge in [0.15, 0.2) is 5.69 Å². The van der Waals surface area contributed by atoms with Gasteiger partial charge in [0.25, 0.3) is 0 Å². The highest BCUT2D eigenvalue weighted by Gasteiger charge is 2.41. The number of halogens is 3. The van der Waals surface area contributed by atoms with E-state index >= 15 is 0 Å². The predicted octanol–water partition coefficient (Wildman–Crippen LogP) is 1.60. The second kappa shape index (κ2) is 5.02. The second-order valence-electron chi connectivity index (χ2n) is 4.52. The summed E-state index contributed by atoms with van der Waals surface area (Å²) in [4.78, 5) is 11.9. The van der Waals surface area contributed by atoms with Crippen LogP contribution in [0.4, 0.5) is 18.0 Å². The summed E-state index contributed by atoms with van der Waals surface area (Å²) in [5.41, 5.74) is -1.44. The molecular formula is C10H11F3N6O. The molecule has 2 rings (SSSR count). The summed E-state index contributed by atoms with van der Waals surface area (Å²) in [7, 11) is 0. The Labute approximate surface area is 111 Å². The van der Waals surface area contributed by atoms with Crippen LogP contribution in [0.5, 0.6) is 0 Å². The molecule has 0 aliphatic carbocycles. The Bertz CT molecular complexity index is 601. The van der Waals surface area contributed by atoms with Crippen LogP contribution in [-0.4, -0.2) is 36.0 Å². The van der Waals surface area contributed by atoms with E-state index in [0.717, 1.165) is 6.20 Å². The summed E-state index contributed by atoms with van der Waals surface area (Å²) in [6.07, 6.45) is -2.35. The lowest BCUT2D eigenvalue weighted by Crippen LogP contribution is -2.27. The molecule has 0 fully saturated rings. The maximum atomic E-state index is 13.1. The fourth-order valence-electron chi connectivity index (χ4n) is 1.66. The largest absolute Gasteiger partial charge is 0.435 e. The Kier molecular flexibility index (Phi) is 3.55. The molecule has 0 amide bonds. The van der Waals surface area contributed by atoms with E-state index in [1.54, 1.807) is 13.8 Å². The van der Waals surface area contributed by atoms with Crippen molar-refractivity contribution in [2.75, 3.05) is 0 Å². The first kappa shape index (κ1) is 14.2. The zero-order valence-electron chi connectivity index (χ0n) is 10.7. The molecule has 0 saturated carbocycles. The smallest absolute Gasteiger partial charge is 0.243 e. The van der Waals surface area contributed by atoms with Gasteiger partial charge in [-0.2, -0.15) is 22.5 Å². The van der Waals surface area contributed by atoms with E-state index < -0.39 is 17.9 Å². The molecule has 0 aromatic carbocycles. The van der Waals surface area contributed by atoms with Crippen molar-refractivity contribution in [3.05, 3.63) is 23.8 Å². The summed E-state index contributed by atoms with van der Waals surface area (Å²) in [5.74, 6) is -0.0530. The number of carbonyl (C=O) groups excluding carboxylic acids is 1. The summed E-state index contributed by atoms with van der Waals surface area (Å²) < 4.78 is 40.1. The summed E-state index contributed by atoms with van der Waals surface area (Å²) in [6.45, 7) is 3.50. The first-order valence-electron chi connectivity index (χ1n) is 5.73. The number of rotatable bonds is 2. The normalized spacial score (nSPS) is 12.1. The van der Waals surface area contributed by atoms with Crippen molar-refractivity contribution in [3.63, 3.8) is 0 Å². The lowest BCUT2D eigenvalue weighted by molar-refractivity contribution is -0.143. The molecule has 0 radical (unpaired) electrons. The number of hydrogen-bond donors (Lipinski definition) is 0. The van der Waals surface area contributed by atoms with E-state index in [9.17, 15) is 18.0 Å². The second-order valence-corrected chi connectivity index (χ2v) is 4.52. The Morgan fingerprint density at radius 2 is 2.05 bits per heavy atom. The molecule has 0 bridgehead atoms. The third-order valence-corrected chi connectivity index (χ3v) is 2.41. The fraction of sp³-hybridized carbons (Fsp3) is 0.500. The lowest BCUT2D eigenvalue weighted by Gasteiger charge is -2.10. The van der Waals surface area contributed by atoms with Gasteiger partial charge in [-0.3, -0.25) is 0 Å². The Morgan fingerprint density at radius 3 is 2.55 bits per heavy atom. The summed E-state index contributed by atoms with van der Waals surface area (Å²) in [6, 6.07) is -1.09. The number of carbonyl (C=O) groups is 1. The zero-order chi connectivity index (χ0) is 14.9. The molecule has 0 aliphatic heterocycles. The summed E-state index contributed by atoms with van der Waals surface area (Å²) in [5, 5.41) is 13.5. The molecule has 20 heavy (non-hydrogen) atoms. The first-order chi connectivity index (χ1) is 9.30. The van der Waals surface area contributed by atoms with Gasteiger partial charge in [0.2, 0.25) is 0 Å². The molecule has 0 N–H and O–H groups in total. The Balaban J connectivity index is 2.49. The van der Waals surface area contributed by atoms with Crippen LogP contribution in [0.1, 0.15) is 25.2 Å². The van der Waals surface area contributed by atoms with Crippen molar-refractivity contribution in [1.82, 2.24) is 30.0 Å². The minimum absolute atomic E-state index is 0.0530. The molecule has 0 atom stereocenters. The number of aromatic nitrogens is 6. The van der Waals surface area contributed by atoms with Crippen molar-refractivity contribution >= 4 is 6.03 Å². The van der Waals surface area contributed by atoms with Crippen LogP contribution in [0, 0.1) is 5.92 Å². The van der Waals surface area contributed by atoms with Crippen molar-refractivity contribution in [2.45, 2.75) is 26.4 Å². The van der Waals surface area contributed by atoms with Crippen LogP contribution in [0.3, 0.4) is 0 Å². The van der Waals surface area contributed by atoms with Gasteiger partial charge in [-0.25, -0.2) is 4.79 Å². The molecule has 0 spiro atoms. The van der Waals surface area contributed by atoms with Crippen molar-refractivity contribution in [2.24, 2.45) is 5.92 Å². The highest BCUT2D eigenvalue weighted by molar-refractivity contribution is 5.78. The standard InChI is InChI=1S/C10H11F3N6O/c1-6(2)5-7-8(10(11,12)13)19(17-15-7)9(20)18-4-3-14-16-18/h3-4,6H,5H2,1-2H3. The number of nitrogens with zero attached hydrogens (tertiary/aromatic N) is 6. The summed E-state index contributed by atoms with van der Waals surface area (Å²) >= 11 is 0. The Hall–Kier alpha value is -2.26. The molecule has 0 aliphatic rings. The van der Waals surface area contributed by atoms with E-state index in [-0.39, 0.29) is 22.7 Å². The van der Waals surface area contributed by atoms with Crippen LogP contribution >= 0.6 is 0 Å². The van der Waals surface area contributed by atoms with Crippen molar-refractivity contribution < 1.29 is 18.0 Å². The van der Waals surface area contributed by atoms with Gasteiger partial charge in [-0.15, -0.1) is 10.2 Å². The average molecular weight is 288 g/mol. The third kappa shape index (κ3) is 2.68. The number of alkyl halides is 3. The predicted molar refractivity (Wildman–Crippen MR) is 59.8 cm³/mol.